The minimum atomic E-state index is -0.517. The third-order valence-corrected chi connectivity index (χ3v) is 4.68. The normalized spacial score (nSPS) is 16.9. The van der Waals surface area contributed by atoms with Gasteiger partial charge in [-0.3, -0.25) is 0 Å². The van der Waals surface area contributed by atoms with E-state index in [4.69, 9.17) is 19.9 Å². The fourth-order valence-electron chi connectivity index (χ4n) is 3.26. The van der Waals surface area contributed by atoms with Crippen molar-refractivity contribution in [1.82, 2.24) is 20.1 Å². The lowest BCUT2D eigenvalue weighted by molar-refractivity contribution is 0.0158. The molecule has 1 fully saturated rings. The number of pyridine rings is 1. The Morgan fingerprint density at radius 1 is 1.26 bits per heavy atom. The summed E-state index contributed by atoms with van der Waals surface area (Å²) in [5, 5.41) is 8.70. The number of nitrogens with zero attached hydrogens (tertiary/aromatic N) is 5. The zero-order chi connectivity index (χ0) is 22.6. The second-order valence-electron chi connectivity index (χ2n) is 8.41. The molecule has 168 valence electrons. The number of hydrogen-bond donors (Lipinski definition) is 1. The maximum absolute atomic E-state index is 12.4. The zero-order valence-corrected chi connectivity index (χ0v) is 18.7. The molecule has 0 radical (unpaired) electrons. The number of carbonyl (C=O) groups is 1. The van der Waals surface area contributed by atoms with Crippen molar-refractivity contribution < 1.29 is 19.0 Å². The van der Waals surface area contributed by atoms with E-state index in [1.807, 2.05) is 39.8 Å². The van der Waals surface area contributed by atoms with E-state index < -0.39 is 5.60 Å². The van der Waals surface area contributed by atoms with Crippen LogP contribution < -0.4 is 15.4 Å². The predicted molar refractivity (Wildman–Crippen MR) is 117 cm³/mol. The van der Waals surface area contributed by atoms with Gasteiger partial charge in [-0.15, -0.1) is 10.2 Å². The van der Waals surface area contributed by atoms with Gasteiger partial charge in [0.05, 0.1) is 11.9 Å². The molecule has 3 rings (SSSR count). The molecule has 1 amide bonds. The Bertz CT molecular complexity index is 900. The minimum Gasteiger partial charge on any atom is -0.465 e. The summed E-state index contributed by atoms with van der Waals surface area (Å²) < 4.78 is 16.0. The van der Waals surface area contributed by atoms with Crippen molar-refractivity contribution in [2.45, 2.75) is 39.3 Å². The van der Waals surface area contributed by atoms with Gasteiger partial charge in [-0.25, -0.2) is 9.78 Å². The first-order valence-electron chi connectivity index (χ1n) is 10.1. The Morgan fingerprint density at radius 2 is 2.03 bits per heavy atom. The van der Waals surface area contributed by atoms with E-state index in [0.717, 1.165) is 5.82 Å². The maximum Gasteiger partial charge on any atom is 0.410 e. The number of nitrogens with two attached hydrogens (primary N) is 1. The number of ether oxygens (including phenoxy) is 3. The number of hydrogen-bond acceptors (Lipinski definition) is 9. The highest BCUT2D eigenvalue weighted by Crippen LogP contribution is 2.29. The number of piperazine rings is 1. The lowest BCUT2D eigenvalue weighted by Crippen LogP contribution is -2.55. The largest absolute Gasteiger partial charge is 0.465 e. The highest BCUT2D eigenvalue weighted by molar-refractivity contribution is 5.69. The van der Waals surface area contributed by atoms with E-state index in [-0.39, 0.29) is 18.9 Å². The number of carbonyl (C=O) groups excluding carboxylic acids is 1. The van der Waals surface area contributed by atoms with Crippen LogP contribution in [0.1, 0.15) is 27.7 Å². The first-order valence-corrected chi connectivity index (χ1v) is 10.1. The molecule has 3 heterocycles. The van der Waals surface area contributed by atoms with Crippen LogP contribution in [0.2, 0.25) is 0 Å². The summed E-state index contributed by atoms with van der Waals surface area (Å²) in [6, 6.07) is 5.38. The third-order valence-electron chi connectivity index (χ3n) is 4.68. The molecule has 1 aliphatic rings. The Kier molecular flexibility index (Phi) is 6.79. The first kappa shape index (κ1) is 22.5. The Hall–Kier alpha value is -3.14. The van der Waals surface area contributed by atoms with Crippen LogP contribution in [-0.4, -0.2) is 71.4 Å². The van der Waals surface area contributed by atoms with Gasteiger partial charge in [0.2, 0.25) is 0 Å². The molecule has 2 aromatic heterocycles. The third kappa shape index (κ3) is 5.72. The lowest BCUT2D eigenvalue weighted by Gasteiger charge is -2.40. The monoisotopic (exact) mass is 430 g/mol. The van der Waals surface area contributed by atoms with E-state index in [9.17, 15) is 4.79 Å². The molecular formula is C21H30N6O4. The van der Waals surface area contributed by atoms with Gasteiger partial charge < -0.3 is 29.7 Å². The van der Waals surface area contributed by atoms with Crippen LogP contribution in [0.3, 0.4) is 0 Å². The standard InChI is InChI=1S/C21H30N6O4/c1-14-12-26(8-9-27(14)20(28)31-21(2,3)4)18-7-6-16(24-25-18)19-17(30-13-29-5)10-15(22)11-23-19/h6-7,10-11,14H,8-9,12-13,22H2,1-5H3. The lowest BCUT2D eigenvalue weighted by atomic mass is 10.2. The van der Waals surface area contributed by atoms with E-state index in [2.05, 4.69) is 20.1 Å². The zero-order valence-electron chi connectivity index (χ0n) is 18.7. The fourth-order valence-corrected chi connectivity index (χ4v) is 3.26. The van der Waals surface area contributed by atoms with Crippen molar-refractivity contribution in [3.05, 3.63) is 24.4 Å². The molecular weight excluding hydrogens is 400 g/mol. The Labute approximate surface area is 182 Å². The van der Waals surface area contributed by atoms with Gasteiger partial charge in [-0.2, -0.15) is 0 Å². The van der Waals surface area contributed by atoms with E-state index >= 15 is 0 Å². The summed E-state index contributed by atoms with van der Waals surface area (Å²) in [6.45, 7) is 9.49. The van der Waals surface area contributed by atoms with Crippen LogP contribution in [0.25, 0.3) is 11.4 Å². The summed E-state index contributed by atoms with van der Waals surface area (Å²) in [4.78, 5) is 20.6. The van der Waals surface area contributed by atoms with Crippen LogP contribution in [0, 0.1) is 0 Å². The van der Waals surface area contributed by atoms with Crippen LogP contribution >= 0.6 is 0 Å². The number of nitrogen functional groups attached to an aromatic ring is 1. The molecule has 0 aromatic carbocycles. The molecule has 2 aromatic rings. The predicted octanol–water partition coefficient (Wildman–Crippen LogP) is 2.55. The van der Waals surface area contributed by atoms with Crippen molar-refractivity contribution >= 4 is 17.6 Å². The van der Waals surface area contributed by atoms with Gasteiger partial charge in [-0.05, 0) is 39.8 Å². The second kappa shape index (κ2) is 9.34. The fraction of sp³-hybridized carbons (Fsp3) is 0.524. The van der Waals surface area contributed by atoms with Gasteiger partial charge in [-0.1, -0.05) is 0 Å². The van der Waals surface area contributed by atoms with Crippen LogP contribution in [0.4, 0.5) is 16.3 Å². The number of rotatable bonds is 5. The topological polar surface area (TPSA) is 116 Å². The van der Waals surface area contributed by atoms with Crippen molar-refractivity contribution in [2.24, 2.45) is 0 Å². The van der Waals surface area contributed by atoms with Crippen molar-refractivity contribution in [3.63, 3.8) is 0 Å². The van der Waals surface area contributed by atoms with Gasteiger partial charge in [0.1, 0.15) is 17.0 Å². The summed E-state index contributed by atoms with van der Waals surface area (Å²) in [6.07, 6.45) is 1.25. The first-order chi connectivity index (χ1) is 14.7. The number of aromatic nitrogens is 3. The SMILES string of the molecule is COCOc1cc(N)cnc1-c1ccc(N2CCN(C(=O)OC(C)(C)C)C(C)C2)nn1. The summed E-state index contributed by atoms with van der Waals surface area (Å²) >= 11 is 0. The molecule has 0 spiro atoms. The van der Waals surface area contributed by atoms with Crippen molar-refractivity contribution in [1.29, 1.82) is 0 Å². The van der Waals surface area contributed by atoms with Crippen molar-refractivity contribution in [2.75, 3.05) is 44.2 Å². The average Bonchev–Trinajstić information content (AvgIpc) is 2.71. The molecule has 0 saturated carbocycles. The van der Waals surface area contributed by atoms with Crippen LogP contribution in [0.15, 0.2) is 24.4 Å². The minimum absolute atomic E-state index is 0.0158. The number of anilines is 2. The summed E-state index contributed by atoms with van der Waals surface area (Å²) in [7, 11) is 1.54. The molecule has 2 N–H and O–H groups in total. The van der Waals surface area contributed by atoms with E-state index in [1.165, 1.54) is 7.11 Å². The quantitative estimate of drug-likeness (QED) is 0.714. The Morgan fingerprint density at radius 3 is 2.65 bits per heavy atom. The average molecular weight is 431 g/mol. The van der Waals surface area contributed by atoms with Gasteiger partial charge >= 0.3 is 6.09 Å². The van der Waals surface area contributed by atoms with E-state index in [0.29, 0.717) is 42.5 Å². The molecule has 0 aliphatic carbocycles. The number of amides is 1. The summed E-state index contributed by atoms with van der Waals surface area (Å²) in [5.41, 5.74) is 6.88. The smallest absolute Gasteiger partial charge is 0.410 e. The van der Waals surface area contributed by atoms with Crippen LogP contribution in [-0.2, 0) is 9.47 Å². The molecule has 1 saturated heterocycles. The molecule has 31 heavy (non-hydrogen) atoms. The molecule has 0 bridgehead atoms. The van der Waals surface area contributed by atoms with Crippen LogP contribution in [0.5, 0.6) is 5.75 Å². The molecule has 1 unspecified atom stereocenters. The van der Waals surface area contributed by atoms with E-state index in [1.54, 1.807) is 17.2 Å². The molecule has 1 atom stereocenters. The Balaban J connectivity index is 1.70. The maximum atomic E-state index is 12.4. The van der Waals surface area contributed by atoms with Gasteiger partial charge in [0, 0.05) is 38.9 Å². The number of methoxy groups -OCH3 is 1. The van der Waals surface area contributed by atoms with Gasteiger partial charge in [0.15, 0.2) is 18.4 Å². The van der Waals surface area contributed by atoms with Crippen molar-refractivity contribution in [3.8, 4) is 17.1 Å². The van der Waals surface area contributed by atoms with Gasteiger partial charge in [0.25, 0.3) is 0 Å². The molecule has 10 heteroatoms. The molecule has 1 aliphatic heterocycles. The second-order valence-corrected chi connectivity index (χ2v) is 8.41. The summed E-state index contributed by atoms with van der Waals surface area (Å²) in [5.74, 6) is 1.21. The highest BCUT2D eigenvalue weighted by Gasteiger charge is 2.31. The molecule has 10 nitrogen and oxygen atoms in total. The highest BCUT2D eigenvalue weighted by atomic mass is 16.7.